The number of hydrogen-bond donors (Lipinski definition) is 1. The van der Waals surface area contributed by atoms with Gasteiger partial charge in [-0.15, -0.1) is 0 Å². The molecule has 1 amide bonds. The summed E-state index contributed by atoms with van der Waals surface area (Å²) in [4.78, 5) is 12.4. The molecule has 4 rings (SSSR count). The Hall–Kier alpha value is -3.39. The lowest BCUT2D eigenvalue weighted by Crippen LogP contribution is -2.20. The molecule has 0 heterocycles. The Morgan fingerprint density at radius 2 is 1.78 bits per heavy atom. The van der Waals surface area contributed by atoms with Gasteiger partial charge < -0.3 is 9.47 Å². The Kier molecular flexibility index (Phi) is 8.59. The van der Waals surface area contributed by atoms with Crippen molar-refractivity contribution in [2.24, 2.45) is 5.10 Å². The fourth-order valence-corrected chi connectivity index (χ4v) is 4.85. The van der Waals surface area contributed by atoms with E-state index >= 15 is 0 Å². The van der Waals surface area contributed by atoms with E-state index in [2.05, 4.69) is 63.4 Å². The van der Waals surface area contributed by atoms with Crippen LogP contribution < -0.4 is 14.9 Å². The molecule has 5 nitrogen and oxygen atoms in total. The van der Waals surface area contributed by atoms with Crippen LogP contribution in [0.3, 0.4) is 0 Å². The Labute approximate surface area is 225 Å². The van der Waals surface area contributed by atoms with E-state index in [1.165, 1.54) is 16.3 Å². The highest BCUT2D eigenvalue weighted by Crippen LogP contribution is 2.35. The summed E-state index contributed by atoms with van der Waals surface area (Å²) in [5.74, 6) is 1.18. The molecule has 0 radical (unpaired) electrons. The molecule has 0 fully saturated rings. The summed E-state index contributed by atoms with van der Waals surface area (Å²) < 4.78 is 13.0. The van der Waals surface area contributed by atoms with Crippen LogP contribution in [0.25, 0.3) is 10.8 Å². The predicted molar refractivity (Wildman–Crippen MR) is 154 cm³/mol. The van der Waals surface area contributed by atoms with Crippen LogP contribution in [0.2, 0.25) is 0 Å². The second-order valence-electron chi connectivity index (χ2n) is 8.59. The van der Waals surface area contributed by atoms with Gasteiger partial charge in [0.15, 0.2) is 11.5 Å². The molecule has 0 aromatic heterocycles. The highest BCUT2D eigenvalue weighted by Gasteiger charge is 2.13. The van der Waals surface area contributed by atoms with Gasteiger partial charge >= 0.3 is 0 Å². The van der Waals surface area contributed by atoms with E-state index in [0.29, 0.717) is 24.7 Å². The van der Waals surface area contributed by atoms with Gasteiger partial charge in [-0.2, -0.15) is 5.10 Å². The summed E-state index contributed by atoms with van der Waals surface area (Å²) in [6, 6.07) is 24.4. The largest absolute Gasteiger partial charge is 0.490 e. The van der Waals surface area contributed by atoms with Crippen LogP contribution in [0.4, 0.5) is 0 Å². The smallest absolute Gasteiger partial charge is 0.244 e. The molecule has 6 heteroatoms. The first-order valence-electron chi connectivity index (χ1n) is 11.9. The number of hydrogen-bond acceptors (Lipinski definition) is 4. The van der Waals surface area contributed by atoms with Gasteiger partial charge in [0, 0.05) is 0 Å². The van der Waals surface area contributed by atoms with Crippen molar-refractivity contribution in [2.45, 2.75) is 33.8 Å². The SMILES string of the molecule is CCOc1cc(/C=N\NC(=O)Cc2ccc(C)cc2C)cc(I)c1OCc1cccc2ccccc12. The maximum atomic E-state index is 12.4. The number of carbonyl (C=O) groups excluding carboxylic acids is 1. The first-order valence-corrected chi connectivity index (χ1v) is 13.0. The molecule has 0 saturated heterocycles. The lowest BCUT2D eigenvalue weighted by atomic mass is 10.0. The van der Waals surface area contributed by atoms with Gasteiger partial charge in [0.05, 0.1) is 22.8 Å². The van der Waals surface area contributed by atoms with Crippen molar-refractivity contribution in [3.8, 4) is 11.5 Å². The van der Waals surface area contributed by atoms with E-state index in [4.69, 9.17) is 9.47 Å². The summed E-state index contributed by atoms with van der Waals surface area (Å²) in [5.41, 5.74) is 7.83. The van der Waals surface area contributed by atoms with Crippen molar-refractivity contribution in [1.82, 2.24) is 5.43 Å². The van der Waals surface area contributed by atoms with Crippen LogP contribution in [0, 0.1) is 17.4 Å². The standard InChI is InChI=1S/C30H29IN2O3/c1-4-35-28-16-22(18-32-33-29(34)17-24-13-12-20(2)14-21(24)3)15-27(31)30(28)36-19-25-10-7-9-23-8-5-6-11-26(23)25/h5-16,18H,4,17,19H2,1-3H3,(H,33,34)/b32-18-. The number of hydrazone groups is 1. The van der Waals surface area contributed by atoms with Crippen LogP contribution in [-0.4, -0.2) is 18.7 Å². The zero-order valence-electron chi connectivity index (χ0n) is 20.7. The average Bonchev–Trinajstić information content (AvgIpc) is 2.85. The van der Waals surface area contributed by atoms with E-state index in [1.54, 1.807) is 6.21 Å². The second-order valence-corrected chi connectivity index (χ2v) is 9.75. The van der Waals surface area contributed by atoms with Crippen molar-refractivity contribution in [1.29, 1.82) is 0 Å². The third-order valence-electron chi connectivity index (χ3n) is 5.84. The molecule has 0 atom stereocenters. The van der Waals surface area contributed by atoms with Crippen molar-refractivity contribution < 1.29 is 14.3 Å². The fourth-order valence-electron chi connectivity index (χ4n) is 4.07. The van der Waals surface area contributed by atoms with Gasteiger partial charge in [-0.25, -0.2) is 5.43 Å². The van der Waals surface area contributed by atoms with Gasteiger partial charge in [0.25, 0.3) is 0 Å². The Morgan fingerprint density at radius 1 is 0.972 bits per heavy atom. The minimum Gasteiger partial charge on any atom is -0.490 e. The minimum absolute atomic E-state index is 0.159. The summed E-state index contributed by atoms with van der Waals surface area (Å²) in [5, 5.41) is 6.52. The predicted octanol–water partition coefficient (Wildman–Crippen LogP) is 6.73. The van der Waals surface area contributed by atoms with Crippen LogP contribution in [0.5, 0.6) is 11.5 Å². The number of rotatable bonds is 9. The van der Waals surface area contributed by atoms with Gasteiger partial charge in [0.1, 0.15) is 6.61 Å². The van der Waals surface area contributed by atoms with Crippen molar-refractivity contribution in [3.05, 3.63) is 104 Å². The van der Waals surface area contributed by atoms with Gasteiger partial charge in [0.2, 0.25) is 5.91 Å². The molecular weight excluding hydrogens is 563 g/mol. The van der Waals surface area contributed by atoms with Gasteiger partial charge in [-0.05, 0) is 88.5 Å². The van der Waals surface area contributed by atoms with Crippen LogP contribution >= 0.6 is 22.6 Å². The summed E-state index contributed by atoms with van der Waals surface area (Å²) >= 11 is 2.24. The van der Waals surface area contributed by atoms with Crippen molar-refractivity contribution in [2.75, 3.05) is 6.61 Å². The number of nitrogens with one attached hydrogen (secondary N) is 1. The van der Waals surface area contributed by atoms with Gasteiger partial charge in [-0.3, -0.25) is 4.79 Å². The van der Waals surface area contributed by atoms with Crippen molar-refractivity contribution >= 4 is 45.5 Å². The van der Waals surface area contributed by atoms with Gasteiger partial charge in [-0.1, -0.05) is 66.2 Å². The number of carbonyl (C=O) groups is 1. The Morgan fingerprint density at radius 3 is 2.58 bits per heavy atom. The molecule has 4 aromatic rings. The number of halogens is 1. The average molecular weight is 592 g/mol. The van der Waals surface area contributed by atoms with Crippen molar-refractivity contribution in [3.63, 3.8) is 0 Å². The number of amides is 1. The van der Waals surface area contributed by atoms with Crippen LogP contribution in [0.15, 0.2) is 77.9 Å². The molecule has 0 spiro atoms. The maximum absolute atomic E-state index is 12.4. The summed E-state index contributed by atoms with van der Waals surface area (Å²) in [6.07, 6.45) is 1.91. The monoisotopic (exact) mass is 592 g/mol. The topological polar surface area (TPSA) is 59.9 Å². The van der Waals surface area contributed by atoms with E-state index in [1.807, 2.05) is 63.2 Å². The lowest BCUT2D eigenvalue weighted by molar-refractivity contribution is -0.120. The second kappa shape index (κ2) is 12.0. The fraction of sp³-hybridized carbons (Fsp3) is 0.200. The van der Waals surface area contributed by atoms with E-state index < -0.39 is 0 Å². The molecular formula is C30H29IN2O3. The minimum atomic E-state index is -0.159. The molecule has 0 unspecified atom stereocenters. The number of benzene rings is 4. The number of fused-ring (bicyclic) bond motifs is 1. The molecule has 4 aromatic carbocycles. The molecule has 184 valence electrons. The highest BCUT2D eigenvalue weighted by atomic mass is 127. The van der Waals surface area contributed by atoms with E-state index in [0.717, 1.165) is 25.8 Å². The molecule has 0 aliphatic rings. The Balaban J connectivity index is 1.45. The normalized spacial score (nSPS) is 11.1. The molecule has 0 saturated carbocycles. The first kappa shape index (κ1) is 25.7. The third kappa shape index (κ3) is 6.43. The quantitative estimate of drug-likeness (QED) is 0.133. The van der Waals surface area contributed by atoms with E-state index in [9.17, 15) is 4.79 Å². The maximum Gasteiger partial charge on any atom is 0.244 e. The molecule has 0 aliphatic heterocycles. The molecule has 36 heavy (non-hydrogen) atoms. The number of ether oxygens (including phenoxy) is 2. The molecule has 1 N–H and O–H groups in total. The number of aryl methyl sites for hydroxylation is 2. The third-order valence-corrected chi connectivity index (χ3v) is 6.64. The highest BCUT2D eigenvalue weighted by molar-refractivity contribution is 14.1. The summed E-state index contributed by atoms with van der Waals surface area (Å²) in [6.45, 7) is 6.93. The van der Waals surface area contributed by atoms with Crippen LogP contribution in [0.1, 0.15) is 34.7 Å². The molecule has 0 bridgehead atoms. The first-order chi connectivity index (χ1) is 17.4. The number of nitrogens with zero attached hydrogens (tertiary/aromatic N) is 1. The summed E-state index contributed by atoms with van der Waals surface area (Å²) in [7, 11) is 0. The zero-order chi connectivity index (χ0) is 25.5. The zero-order valence-corrected chi connectivity index (χ0v) is 22.8. The Bertz CT molecular complexity index is 1410. The lowest BCUT2D eigenvalue weighted by Gasteiger charge is -2.15. The van der Waals surface area contributed by atoms with E-state index in [-0.39, 0.29) is 12.3 Å². The van der Waals surface area contributed by atoms with Crippen LogP contribution in [-0.2, 0) is 17.8 Å². The molecule has 0 aliphatic carbocycles.